The van der Waals surface area contributed by atoms with Crippen LogP contribution in [0.25, 0.3) is 0 Å². The number of amides is 1. The zero-order chi connectivity index (χ0) is 18.3. The monoisotopic (exact) mass is 342 g/mol. The van der Waals surface area contributed by atoms with Crippen LogP contribution in [0.15, 0.2) is 42.6 Å². The van der Waals surface area contributed by atoms with E-state index in [1.165, 1.54) is 0 Å². The molecule has 5 heteroatoms. The lowest BCUT2D eigenvalue weighted by atomic mass is 9.98. The second-order valence-electron chi connectivity index (χ2n) is 6.60. The Morgan fingerprint density at radius 1 is 1.28 bits per heavy atom. The quantitative estimate of drug-likeness (QED) is 0.773. The molecule has 25 heavy (non-hydrogen) atoms. The molecular weight excluding hydrogens is 316 g/mol. The summed E-state index contributed by atoms with van der Waals surface area (Å²) in [6.07, 6.45) is 3.04. The van der Waals surface area contributed by atoms with E-state index in [1.54, 1.807) is 26.1 Å². The maximum absolute atomic E-state index is 12.4. The van der Waals surface area contributed by atoms with E-state index in [1.807, 2.05) is 37.3 Å². The van der Waals surface area contributed by atoms with E-state index < -0.39 is 5.60 Å². The van der Waals surface area contributed by atoms with E-state index in [9.17, 15) is 9.90 Å². The fraction of sp³-hybridized carbons (Fsp3) is 0.400. The maximum Gasteiger partial charge on any atom is 0.251 e. The number of benzene rings is 1. The molecule has 0 aliphatic rings. The van der Waals surface area contributed by atoms with Gasteiger partial charge in [0.1, 0.15) is 0 Å². The van der Waals surface area contributed by atoms with E-state index >= 15 is 0 Å². The van der Waals surface area contributed by atoms with Gasteiger partial charge in [-0.05, 0) is 57.4 Å². The Labute approximate surface area is 149 Å². The third-order valence-corrected chi connectivity index (χ3v) is 3.79. The van der Waals surface area contributed by atoms with Crippen LogP contribution in [0.4, 0.5) is 0 Å². The van der Waals surface area contributed by atoms with Crippen molar-refractivity contribution >= 4 is 5.91 Å². The van der Waals surface area contributed by atoms with Gasteiger partial charge in [0.25, 0.3) is 5.91 Å². The number of aliphatic hydroxyl groups is 1. The van der Waals surface area contributed by atoms with Gasteiger partial charge >= 0.3 is 0 Å². The Morgan fingerprint density at radius 2 is 2.08 bits per heavy atom. The normalized spacial score (nSPS) is 11.2. The Bertz CT molecular complexity index is 708. The van der Waals surface area contributed by atoms with Crippen LogP contribution in [0.2, 0.25) is 0 Å². The van der Waals surface area contributed by atoms with E-state index in [0.717, 1.165) is 17.5 Å². The lowest BCUT2D eigenvalue weighted by Gasteiger charge is -2.16. The van der Waals surface area contributed by atoms with E-state index in [0.29, 0.717) is 31.0 Å². The highest BCUT2D eigenvalue weighted by Gasteiger charge is 2.13. The number of ether oxygens (including phenoxy) is 1. The van der Waals surface area contributed by atoms with Crippen molar-refractivity contribution in [3.63, 3.8) is 0 Å². The highest BCUT2D eigenvalue weighted by molar-refractivity contribution is 5.94. The predicted octanol–water partition coefficient (Wildman–Crippen LogP) is 3.11. The average Bonchev–Trinajstić information content (AvgIpc) is 2.59. The molecule has 5 nitrogen and oxygen atoms in total. The molecule has 2 N–H and O–H groups in total. The lowest BCUT2D eigenvalue weighted by molar-refractivity contribution is 0.0714. The summed E-state index contributed by atoms with van der Waals surface area (Å²) in [7, 11) is 0. The number of aryl methyl sites for hydroxylation is 1. The van der Waals surface area contributed by atoms with Gasteiger partial charge in [0.2, 0.25) is 5.88 Å². The molecule has 0 fully saturated rings. The summed E-state index contributed by atoms with van der Waals surface area (Å²) in [5.74, 6) is 0.403. The minimum Gasteiger partial charge on any atom is -0.478 e. The third kappa shape index (κ3) is 6.19. The van der Waals surface area contributed by atoms with E-state index in [2.05, 4.69) is 10.3 Å². The molecule has 2 rings (SSSR count). The van der Waals surface area contributed by atoms with Crippen molar-refractivity contribution in [1.29, 1.82) is 0 Å². The average molecular weight is 342 g/mol. The summed E-state index contributed by atoms with van der Waals surface area (Å²) in [5, 5.41) is 12.7. The number of hydrogen-bond donors (Lipinski definition) is 2. The Kier molecular flexibility index (Phi) is 6.53. The Balaban J connectivity index is 1.99. The van der Waals surface area contributed by atoms with Gasteiger partial charge in [-0.3, -0.25) is 4.79 Å². The summed E-state index contributed by atoms with van der Waals surface area (Å²) in [6.45, 7) is 6.36. The molecule has 0 radical (unpaired) electrons. The number of nitrogens with one attached hydrogen (secondary N) is 1. The maximum atomic E-state index is 12.4. The van der Waals surface area contributed by atoms with Crippen molar-refractivity contribution in [1.82, 2.24) is 10.3 Å². The number of pyridine rings is 1. The molecule has 0 atom stereocenters. The standard InChI is InChI=1S/C20H26N2O3/c1-4-25-19-17(9-6-12-21-19)14-22-18(23)16-8-5-7-15(13-16)10-11-20(2,3)24/h5-9,12-13,24H,4,10-11,14H2,1-3H3,(H,22,23). The van der Waals surface area contributed by atoms with Gasteiger partial charge < -0.3 is 15.2 Å². The van der Waals surface area contributed by atoms with Crippen molar-refractivity contribution < 1.29 is 14.6 Å². The van der Waals surface area contributed by atoms with Crippen LogP contribution in [-0.4, -0.2) is 28.2 Å². The number of aromatic nitrogens is 1. The first-order valence-corrected chi connectivity index (χ1v) is 8.55. The van der Waals surface area contributed by atoms with Crippen molar-refractivity contribution in [3.05, 3.63) is 59.3 Å². The van der Waals surface area contributed by atoms with Gasteiger partial charge in [0.15, 0.2) is 0 Å². The summed E-state index contributed by atoms with van der Waals surface area (Å²) >= 11 is 0. The van der Waals surface area contributed by atoms with E-state index in [4.69, 9.17) is 4.74 Å². The van der Waals surface area contributed by atoms with Crippen LogP contribution < -0.4 is 10.1 Å². The molecule has 1 amide bonds. The molecule has 1 aromatic heterocycles. The number of carbonyl (C=O) groups excluding carboxylic acids is 1. The fourth-order valence-electron chi connectivity index (χ4n) is 2.42. The SMILES string of the molecule is CCOc1ncccc1CNC(=O)c1cccc(CCC(C)(C)O)c1. The van der Waals surface area contributed by atoms with Gasteiger partial charge in [-0.15, -0.1) is 0 Å². The second kappa shape index (κ2) is 8.62. The summed E-state index contributed by atoms with van der Waals surface area (Å²) < 4.78 is 5.47. The van der Waals surface area contributed by atoms with Crippen molar-refractivity contribution in [2.45, 2.75) is 45.8 Å². The third-order valence-electron chi connectivity index (χ3n) is 3.79. The van der Waals surface area contributed by atoms with Gasteiger partial charge in [-0.25, -0.2) is 4.98 Å². The summed E-state index contributed by atoms with van der Waals surface area (Å²) in [4.78, 5) is 16.6. The van der Waals surface area contributed by atoms with E-state index in [-0.39, 0.29) is 5.91 Å². The lowest BCUT2D eigenvalue weighted by Crippen LogP contribution is -2.23. The molecule has 1 aromatic carbocycles. The van der Waals surface area contributed by atoms with Gasteiger partial charge in [-0.2, -0.15) is 0 Å². The number of rotatable bonds is 8. The first kappa shape index (κ1) is 18.9. The Morgan fingerprint density at radius 3 is 2.80 bits per heavy atom. The molecule has 0 unspecified atom stereocenters. The fourth-order valence-corrected chi connectivity index (χ4v) is 2.42. The van der Waals surface area contributed by atoms with Crippen molar-refractivity contribution in [2.75, 3.05) is 6.61 Å². The number of nitrogens with zero attached hydrogens (tertiary/aromatic N) is 1. The second-order valence-corrected chi connectivity index (χ2v) is 6.60. The van der Waals surface area contributed by atoms with Crippen LogP contribution in [0.3, 0.4) is 0 Å². The van der Waals surface area contributed by atoms with Crippen LogP contribution in [-0.2, 0) is 13.0 Å². The predicted molar refractivity (Wildman–Crippen MR) is 97.6 cm³/mol. The molecule has 0 aliphatic heterocycles. The van der Waals surface area contributed by atoms with Crippen LogP contribution in [0, 0.1) is 0 Å². The summed E-state index contributed by atoms with van der Waals surface area (Å²) in [5.41, 5.74) is 1.77. The minimum atomic E-state index is -0.714. The Hall–Kier alpha value is -2.40. The van der Waals surface area contributed by atoms with Crippen molar-refractivity contribution in [3.8, 4) is 5.88 Å². The molecule has 0 aliphatic carbocycles. The molecule has 0 spiro atoms. The molecule has 1 heterocycles. The minimum absolute atomic E-state index is 0.142. The molecule has 0 bridgehead atoms. The smallest absolute Gasteiger partial charge is 0.251 e. The largest absolute Gasteiger partial charge is 0.478 e. The molecule has 134 valence electrons. The van der Waals surface area contributed by atoms with Crippen LogP contribution >= 0.6 is 0 Å². The van der Waals surface area contributed by atoms with Crippen LogP contribution in [0.5, 0.6) is 5.88 Å². The molecular formula is C20H26N2O3. The van der Waals surface area contributed by atoms with Crippen molar-refractivity contribution in [2.24, 2.45) is 0 Å². The molecule has 2 aromatic rings. The number of carbonyl (C=O) groups is 1. The summed E-state index contributed by atoms with van der Waals surface area (Å²) in [6, 6.07) is 11.2. The van der Waals surface area contributed by atoms with Gasteiger partial charge in [0, 0.05) is 23.9 Å². The highest BCUT2D eigenvalue weighted by atomic mass is 16.5. The number of hydrogen-bond acceptors (Lipinski definition) is 4. The molecule has 0 saturated carbocycles. The van der Waals surface area contributed by atoms with Crippen LogP contribution in [0.1, 0.15) is 48.7 Å². The molecule has 0 saturated heterocycles. The van der Waals surface area contributed by atoms with Gasteiger partial charge in [0.05, 0.1) is 12.2 Å². The zero-order valence-corrected chi connectivity index (χ0v) is 15.1. The van der Waals surface area contributed by atoms with Gasteiger partial charge in [-0.1, -0.05) is 18.2 Å². The first-order chi connectivity index (χ1) is 11.9. The zero-order valence-electron chi connectivity index (χ0n) is 15.1. The first-order valence-electron chi connectivity index (χ1n) is 8.55. The topological polar surface area (TPSA) is 71.5 Å². The highest BCUT2D eigenvalue weighted by Crippen LogP contribution is 2.16.